The predicted octanol–water partition coefficient (Wildman–Crippen LogP) is 3.44. The van der Waals surface area contributed by atoms with E-state index >= 15 is 0 Å². The molecule has 0 saturated heterocycles. The van der Waals surface area contributed by atoms with Crippen molar-refractivity contribution in [1.82, 2.24) is 0 Å². The zero-order valence-electron chi connectivity index (χ0n) is 14.1. The van der Waals surface area contributed by atoms with Crippen LogP contribution in [-0.4, -0.2) is 26.4 Å². The van der Waals surface area contributed by atoms with Crippen molar-refractivity contribution in [2.75, 3.05) is 6.26 Å². The van der Waals surface area contributed by atoms with Crippen LogP contribution in [0.2, 0.25) is 0 Å². The summed E-state index contributed by atoms with van der Waals surface area (Å²) < 4.78 is 70.6. The first-order chi connectivity index (χ1) is 12.4. The molecule has 1 aromatic rings. The van der Waals surface area contributed by atoms with Crippen LogP contribution in [0.25, 0.3) is 0 Å². The van der Waals surface area contributed by atoms with E-state index in [0.717, 1.165) is 30.5 Å². The van der Waals surface area contributed by atoms with Gasteiger partial charge in [-0.25, -0.2) is 12.8 Å². The van der Waals surface area contributed by atoms with Gasteiger partial charge in [-0.15, -0.1) is 0 Å². The van der Waals surface area contributed by atoms with E-state index in [0.29, 0.717) is 0 Å². The highest BCUT2D eigenvalue weighted by atomic mass is 32.2. The highest BCUT2D eigenvalue weighted by Crippen LogP contribution is 2.33. The SMILES string of the molecule is C=C1CC(F)(F)C(=O)C/C(S(C)(=O)=O)=C\C=C1Oc1cc(F)cc(C#N)c1. The summed E-state index contributed by atoms with van der Waals surface area (Å²) in [5.41, 5.74) is -0.353. The summed E-state index contributed by atoms with van der Waals surface area (Å²) in [5.74, 6) is -6.64. The van der Waals surface area contributed by atoms with Crippen molar-refractivity contribution in [3.8, 4) is 11.8 Å². The van der Waals surface area contributed by atoms with Crippen molar-refractivity contribution in [3.63, 3.8) is 0 Å². The Hall–Kier alpha value is -2.86. The van der Waals surface area contributed by atoms with Crippen molar-refractivity contribution in [2.45, 2.75) is 18.8 Å². The zero-order chi connectivity index (χ0) is 20.4. The molecule has 0 aromatic heterocycles. The molecule has 0 aliphatic heterocycles. The topological polar surface area (TPSA) is 84.2 Å². The lowest BCUT2D eigenvalue weighted by Crippen LogP contribution is -2.30. The first-order valence-electron chi connectivity index (χ1n) is 7.51. The molecule has 0 fully saturated rings. The normalized spacial score (nSPS) is 19.7. The fourth-order valence-corrected chi connectivity index (χ4v) is 2.97. The van der Waals surface area contributed by atoms with Gasteiger partial charge in [-0.1, -0.05) is 6.58 Å². The highest BCUT2D eigenvalue weighted by Gasteiger charge is 2.41. The van der Waals surface area contributed by atoms with Crippen molar-refractivity contribution >= 4 is 15.6 Å². The smallest absolute Gasteiger partial charge is 0.309 e. The van der Waals surface area contributed by atoms with Crippen LogP contribution in [-0.2, 0) is 14.6 Å². The summed E-state index contributed by atoms with van der Waals surface area (Å²) in [4.78, 5) is 11.3. The third-order valence-electron chi connectivity index (χ3n) is 3.65. The van der Waals surface area contributed by atoms with E-state index in [4.69, 9.17) is 10.00 Å². The van der Waals surface area contributed by atoms with Crippen LogP contribution >= 0.6 is 0 Å². The molecule has 2 rings (SSSR count). The first-order valence-corrected chi connectivity index (χ1v) is 9.40. The third-order valence-corrected chi connectivity index (χ3v) is 4.88. The molecule has 0 saturated carbocycles. The molecule has 1 aromatic carbocycles. The van der Waals surface area contributed by atoms with Crippen molar-refractivity contribution in [1.29, 1.82) is 5.26 Å². The number of hydrogen-bond acceptors (Lipinski definition) is 5. The summed E-state index contributed by atoms with van der Waals surface area (Å²) in [6.07, 6.45) is 0.769. The number of nitriles is 1. The Kier molecular flexibility index (Phi) is 5.61. The van der Waals surface area contributed by atoms with Gasteiger partial charge in [-0.05, 0) is 29.9 Å². The molecule has 0 radical (unpaired) electrons. The summed E-state index contributed by atoms with van der Waals surface area (Å²) in [6.45, 7) is 3.45. The van der Waals surface area contributed by atoms with E-state index in [1.807, 2.05) is 0 Å². The number of nitrogens with zero attached hydrogens (tertiary/aromatic N) is 1. The minimum atomic E-state index is -3.92. The van der Waals surface area contributed by atoms with Gasteiger partial charge in [0, 0.05) is 25.2 Å². The molecule has 27 heavy (non-hydrogen) atoms. The van der Waals surface area contributed by atoms with Crippen molar-refractivity contribution < 1.29 is 31.1 Å². The van der Waals surface area contributed by atoms with Crippen LogP contribution in [0.5, 0.6) is 5.75 Å². The Morgan fingerprint density at radius 2 is 1.93 bits per heavy atom. The summed E-state index contributed by atoms with van der Waals surface area (Å²) in [6, 6.07) is 4.77. The van der Waals surface area contributed by atoms with Crippen LogP contribution < -0.4 is 4.74 Å². The Labute approximate surface area is 154 Å². The molecule has 5 nitrogen and oxygen atoms in total. The Balaban J connectivity index is 2.52. The molecular formula is C18H14F3NO4S. The monoisotopic (exact) mass is 397 g/mol. The average molecular weight is 397 g/mol. The summed E-state index contributed by atoms with van der Waals surface area (Å²) in [7, 11) is -3.92. The number of sulfone groups is 1. The zero-order valence-corrected chi connectivity index (χ0v) is 14.9. The molecule has 0 heterocycles. The number of halogens is 3. The average Bonchev–Trinajstić information content (AvgIpc) is 2.57. The minimum Gasteiger partial charge on any atom is -0.457 e. The first kappa shape index (κ1) is 20.5. The molecule has 9 heteroatoms. The number of alkyl halides is 2. The van der Waals surface area contributed by atoms with Gasteiger partial charge in [0.2, 0.25) is 5.78 Å². The van der Waals surface area contributed by atoms with Gasteiger partial charge < -0.3 is 4.74 Å². The lowest BCUT2D eigenvalue weighted by atomic mass is 10.0. The van der Waals surface area contributed by atoms with Gasteiger partial charge >= 0.3 is 5.92 Å². The lowest BCUT2D eigenvalue weighted by Gasteiger charge is -2.17. The molecule has 1 aliphatic carbocycles. The maximum Gasteiger partial charge on any atom is 0.309 e. The fourth-order valence-electron chi connectivity index (χ4n) is 2.26. The van der Waals surface area contributed by atoms with Crippen LogP contribution in [0, 0.1) is 17.1 Å². The summed E-state index contributed by atoms with van der Waals surface area (Å²) >= 11 is 0. The molecule has 0 atom stereocenters. The van der Waals surface area contributed by atoms with Crippen LogP contribution in [0.1, 0.15) is 18.4 Å². The number of rotatable bonds is 3. The van der Waals surface area contributed by atoms with Crippen LogP contribution in [0.3, 0.4) is 0 Å². The number of allylic oxidation sites excluding steroid dienone is 4. The van der Waals surface area contributed by atoms with Gasteiger partial charge in [0.15, 0.2) is 9.84 Å². The second-order valence-electron chi connectivity index (χ2n) is 5.91. The molecular weight excluding hydrogens is 383 g/mol. The molecule has 0 spiro atoms. The van der Waals surface area contributed by atoms with Gasteiger partial charge in [-0.3, -0.25) is 4.79 Å². The third kappa shape index (κ3) is 5.08. The number of ether oxygens (including phenoxy) is 1. The lowest BCUT2D eigenvalue weighted by molar-refractivity contribution is -0.141. The molecule has 0 amide bonds. The maximum atomic E-state index is 14.1. The largest absolute Gasteiger partial charge is 0.457 e. The van der Waals surface area contributed by atoms with Gasteiger partial charge in [0.1, 0.15) is 17.3 Å². The van der Waals surface area contributed by atoms with E-state index in [1.54, 1.807) is 6.07 Å². The standard InChI is InChI=1S/C18H14F3NO4S/c1-11-9-18(20,21)17(23)8-15(27(2,24)25)3-4-16(11)26-14-6-12(10-22)5-13(19)7-14/h3-7H,1,8-9H2,2H3/b15-3+,16-4?. The number of ketones is 1. The van der Waals surface area contributed by atoms with Gasteiger partial charge in [-0.2, -0.15) is 14.0 Å². The van der Waals surface area contributed by atoms with E-state index in [1.165, 1.54) is 6.07 Å². The Morgan fingerprint density at radius 3 is 2.52 bits per heavy atom. The van der Waals surface area contributed by atoms with Crippen LogP contribution in [0.4, 0.5) is 13.2 Å². The maximum absolute atomic E-state index is 14.1. The minimum absolute atomic E-state index is 0.0628. The van der Waals surface area contributed by atoms with E-state index in [-0.39, 0.29) is 22.6 Å². The molecule has 1 aliphatic rings. The fraction of sp³-hybridized carbons (Fsp3) is 0.222. The van der Waals surface area contributed by atoms with Gasteiger partial charge in [0.25, 0.3) is 0 Å². The van der Waals surface area contributed by atoms with E-state index < -0.39 is 45.1 Å². The molecule has 0 unspecified atom stereocenters. The van der Waals surface area contributed by atoms with E-state index in [9.17, 15) is 26.4 Å². The second-order valence-corrected chi connectivity index (χ2v) is 7.98. The Bertz CT molecular complexity index is 1020. The number of hydrogen-bond donors (Lipinski definition) is 0. The number of carbonyl (C=O) groups excluding carboxylic acids is 1. The van der Waals surface area contributed by atoms with Crippen LogP contribution in [0.15, 0.2) is 53.2 Å². The van der Waals surface area contributed by atoms with Gasteiger partial charge in [0.05, 0.1) is 16.5 Å². The number of benzene rings is 1. The van der Waals surface area contributed by atoms with Crippen molar-refractivity contribution in [2.24, 2.45) is 0 Å². The second kappa shape index (κ2) is 7.40. The van der Waals surface area contributed by atoms with Crippen molar-refractivity contribution in [3.05, 3.63) is 64.5 Å². The summed E-state index contributed by atoms with van der Waals surface area (Å²) in [5, 5.41) is 8.87. The number of Topliss-reactive ketones (excluding diaryl/α,β-unsaturated/α-hetero) is 1. The predicted molar refractivity (Wildman–Crippen MR) is 91.1 cm³/mol. The molecule has 142 valence electrons. The highest BCUT2D eigenvalue weighted by molar-refractivity contribution is 7.94. The quantitative estimate of drug-likeness (QED) is 0.780. The molecule has 0 N–H and O–H groups in total. The Morgan fingerprint density at radius 1 is 1.26 bits per heavy atom. The van der Waals surface area contributed by atoms with E-state index in [2.05, 4.69) is 6.58 Å². The molecule has 0 bridgehead atoms. The number of carbonyl (C=O) groups is 1.